The van der Waals surface area contributed by atoms with Crippen LogP contribution in [-0.2, 0) is 17.9 Å². The second-order valence-corrected chi connectivity index (χ2v) is 9.26. The van der Waals surface area contributed by atoms with E-state index in [1.807, 2.05) is 54.6 Å². The van der Waals surface area contributed by atoms with E-state index in [1.54, 1.807) is 24.3 Å². The van der Waals surface area contributed by atoms with Crippen LogP contribution in [0.25, 0.3) is 6.08 Å². The summed E-state index contributed by atoms with van der Waals surface area (Å²) >= 11 is 3.17. The SMILES string of the molecule is N#Cc1ccccc1COc1ccc(/C=C2\SC(=O)N(Cc3ccc(I)cc3)C2=O)cc1. The van der Waals surface area contributed by atoms with Gasteiger partial charge in [-0.15, -0.1) is 0 Å². The molecule has 1 saturated heterocycles. The van der Waals surface area contributed by atoms with Crippen LogP contribution in [0.3, 0.4) is 0 Å². The first-order valence-electron chi connectivity index (χ1n) is 9.74. The summed E-state index contributed by atoms with van der Waals surface area (Å²) < 4.78 is 6.88. The van der Waals surface area contributed by atoms with E-state index in [-0.39, 0.29) is 17.7 Å². The van der Waals surface area contributed by atoms with Gasteiger partial charge in [-0.25, -0.2) is 0 Å². The number of carbonyl (C=O) groups excluding carboxylic acids is 2. The number of imide groups is 1. The zero-order chi connectivity index (χ0) is 22.5. The number of carbonyl (C=O) groups is 2. The van der Waals surface area contributed by atoms with Gasteiger partial charge in [0.05, 0.1) is 23.1 Å². The van der Waals surface area contributed by atoms with Crippen LogP contribution < -0.4 is 4.74 Å². The molecule has 0 radical (unpaired) electrons. The lowest BCUT2D eigenvalue weighted by molar-refractivity contribution is -0.123. The van der Waals surface area contributed by atoms with Gasteiger partial charge in [-0.2, -0.15) is 5.26 Å². The summed E-state index contributed by atoms with van der Waals surface area (Å²) in [4.78, 5) is 26.8. The highest BCUT2D eigenvalue weighted by Crippen LogP contribution is 2.33. The maximum Gasteiger partial charge on any atom is 0.293 e. The van der Waals surface area contributed by atoms with Gasteiger partial charge in [-0.05, 0) is 81.9 Å². The molecule has 0 unspecified atom stereocenters. The molecular formula is C25H17IN2O3S. The topological polar surface area (TPSA) is 70.4 Å². The number of ether oxygens (including phenoxy) is 1. The number of amides is 2. The predicted molar refractivity (Wildman–Crippen MR) is 133 cm³/mol. The third-order valence-corrected chi connectivity index (χ3v) is 6.46. The van der Waals surface area contributed by atoms with E-state index >= 15 is 0 Å². The third-order valence-electron chi connectivity index (χ3n) is 4.84. The zero-order valence-electron chi connectivity index (χ0n) is 16.8. The van der Waals surface area contributed by atoms with Crippen LogP contribution in [-0.4, -0.2) is 16.0 Å². The Morgan fingerprint density at radius 1 is 1.00 bits per heavy atom. The third kappa shape index (κ3) is 5.21. The number of nitrogens with zero attached hydrogens (tertiary/aromatic N) is 2. The van der Waals surface area contributed by atoms with Crippen molar-refractivity contribution in [3.05, 3.63) is 104 Å². The number of halogens is 1. The minimum atomic E-state index is -0.285. The molecule has 0 saturated carbocycles. The monoisotopic (exact) mass is 552 g/mol. The first kappa shape index (κ1) is 22.1. The molecule has 5 nitrogen and oxygen atoms in total. The molecule has 0 aliphatic carbocycles. The van der Waals surface area contributed by atoms with Crippen molar-refractivity contribution < 1.29 is 14.3 Å². The van der Waals surface area contributed by atoms with Crippen molar-refractivity contribution in [3.8, 4) is 11.8 Å². The largest absolute Gasteiger partial charge is 0.489 e. The van der Waals surface area contributed by atoms with Crippen LogP contribution >= 0.6 is 34.4 Å². The lowest BCUT2D eigenvalue weighted by Gasteiger charge is -2.12. The molecule has 1 fully saturated rings. The molecule has 1 heterocycles. The van der Waals surface area contributed by atoms with Crippen molar-refractivity contribution in [1.29, 1.82) is 5.26 Å². The maximum absolute atomic E-state index is 12.7. The molecule has 0 spiro atoms. The fraction of sp³-hybridized carbons (Fsp3) is 0.0800. The van der Waals surface area contributed by atoms with Crippen molar-refractivity contribution >= 4 is 51.6 Å². The van der Waals surface area contributed by atoms with Crippen LogP contribution in [0.5, 0.6) is 5.75 Å². The van der Waals surface area contributed by atoms with Crippen LogP contribution in [0, 0.1) is 14.9 Å². The Labute approximate surface area is 203 Å². The van der Waals surface area contributed by atoms with Gasteiger partial charge in [0.15, 0.2) is 0 Å². The first-order chi connectivity index (χ1) is 15.5. The summed E-state index contributed by atoms with van der Waals surface area (Å²) in [6.45, 7) is 0.552. The standard InChI is InChI=1S/C25H17IN2O3S/c26-21-9-5-18(6-10-21)15-28-24(29)23(32-25(28)30)13-17-7-11-22(12-8-17)31-16-20-4-2-1-3-19(20)14-27/h1-13H,15-16H2/b23-13-. The van der Waals surface area contributed by atoms with Crippen molar-refractivity contribution in [2.75, 3.05) is 0 Å². The Hall–Kier alpha value is -3.09. The van der Waals surface area contributed by atoms with E-state index in [0.717, 1.165) is 32.0 Å². The van der Waals surface area contributed by atoms with Crippen LogP contribution in [0.15, 0.2) is 77.7 Å². The molecule has 1 aliphatic rings. The van der Waals surface area contributed by atoms with Crippen LogP contribution in [0.4, 0.5) is 4.79 Å². The average molecular weight is 552 g/mol. The molecule has 2 amide bonds. The highest BCUT2D eigenvalue weighted by molar-refractivity contribution is 14.1. The fourth-order valence-corrected chi connectivity index (χ4v) is 4.33. The Morgan fingerprint density at radius 2 is 1.72 bits per heavy atom. The van der Waals surface area contributed by atoms with E-state index in [0.29, 0.717) is 22.8 Å². The average Bonchev–Trinajstić information content (AvgIpc) is 3.07. The van der Waals surface area contributed by atoms with Crippen LogP contribution in [0.2, 0.25) is 0 Å². The predicted octanol–water partition coefficient (Wildman–Crippen LogP) is 5.98. The van der Waals surface area contributed by atoms with E-state index in [1.165, 1.54) is 4.90 Å². The normalized spacial score (nSPS) is 14.6. The molecule has 0 aromatic heterocycles. The van der Waals surface area contributed by atoms with E-state index in [2.05, 4.69) is 28.7 Å². The Balaban J connectivity index is 1.41. The smallest absolute Gasteiger partial charge is 0.293 e. The van der Waals surface area contributed by atoms with Gasteiger partial charge in [0.1, 0.15) is 12.4 Å². The van der Waals surface area contributed by atoms with Gasteiger partial charge in [-0.3, -0.25) is 14.5 Å². The molecule has 0 N–H and O–H groups in total. The summed E-state index contributed by atoms with van der Waals surface area (Å²) in [5.74, 6) is 0.369. The summed E-state index contributed by atoms with van der Waals surface area (Å²) in [6, 6.07) is 24.5. The van der Waals surface area contributed by atoms with Crippen molar-refractivity contribution in [3.63, 3.8) is 0 Å². The summed E-state index contributed by atoms with van der Waals surface area (Å²) in [5.41, 5.74) is 3.12. The molecule has 3 aromatic carbocycles. The lowest BCUT2D eigenvalue weighted by atomic mass is 10.1. The summed E-state index contributed by atoms with van der Waals surface area (Å²) in [7, 11) is 0. The van der Waals surface area contributed by atoms with Crippen molar-refractivity contribution in [2.45, 2.75) is 13.2 Å². The van der Waals surface area contributed by atoms with Crippen molar-refractivity contribution in [2.24, 2.45) is 0 Å². The van der Waals surface area contributed by atoms with Gasteiger partial charge in [-0.1, -0.05) is 42.5 Å². The molecule has 158 valence electrons. The molecule has 3 aromatic rings. The van der Waals surface area contributed by atoms with Gasteiger partial charge in [0.25, 0.3) is 11.1 Å². The second kappa shape index (κ2) is 10.0. The quantitative estimate of drug-likeness (QED) is 0.278. The van der Waals surface area contributed by atoms with Gasteiger partial charge in [0, 0.05) is 9.13 Å². The maximum atomic E-state index is 12.7. The summed E-state index contributed by atoms with van der Waals surface area (Å²) in [6.07, 6.45) is 1.72. The molecule has 1 aliphatic heterocycles. The van der Waals surface area contributed by atoms with Gasteiger partial charge in [0.2, 0.25) is 0 Å². The number of rotatable bonds is 6. The molecule has 32 heavy (non-hydrogen) atoms. The van der Waals surface area contributed by atoms with Gasteiger partial charge < -0.3 is 4.74 Å². The second-order valence-electron chi connectivity index (χ2n) is 7.02. The Bertz CT molecular complexity index is 1230. The molecule has 4 rings (SSSR count). The van der Waals surface area contributed by atoms with Crippen LogP contribution in [0.1, 0.15) is 22.3 Å². The Morgan fingerprint density at radius 3 is 2.44 bits per heavy atom. The Kier molecular flexibility index (Phi) is 6.93. The molecule has 0 bridgehead atoms. The highest BCUT2D eigenvalue weighted by atomic mass is 127. The number of nitriles is 1. The van der Waals surface area contributed by atoms with E-state index < -0.39 is 0 Å². The number of hydrogen-bond acceptors (Lipinski definition) is 5. The fourth-order valence-electron chi connectivity index (χ4n) is 3.14. The molecular weight excluding hydrogens is 535 g/mol. The minimum absolute atomic E-state index is 0.260. The van der Waals surface area contributed by atoms with E-state index in [4.69, 9.17) is 4.74 Å². The summed E-state index contributed by atoms with van der Waals surface area (Å²) in [5, 5.41) is 8.90. The first-order valence-corrected chi connectivity index (χ1v) is 11.6. The molecule has 7 heteroatoms. The molecule has 0 atom stereocenters. The number of benzene rings is 3. The van der Waals surface area contributed by atoms with E-state index in [9.17, 15) is 14.9 Å². The minimum Gasteiger partial charge on any atom is -0.489 e. The highest BCUT2D eigenvalue weighted by Gasteiger charge is 2.34. The van der Waals surface area contributed by atoms with Crippen molar-refractivity contribution in [1.82, 2.24) is 4.90 Å². The zero-order valence-corrected chi connectivity index (χ0v) is 19.8. The van der Waals surface area contributed by atoms with Gasteiger partial charge >= 0.3 is 0 Å². The number of hydrogen-bond donors (Lipinski definition) is 0. The lowest BCUT2D eigenvalue weighted by Crippen LogP contribution is -2.27. The number of thioether (sulfide) groups is 1.